The van der Waals surface area contributed by atoms with Crippen LogP contribution in [0.25, 0.3) is 0 Å². The standard InChI is InChI=1S/C20H25N3O2/c1-3-16-6-5-10-21-19(16)20(24)22-13-15-9-11-23(14-15)17-7-4-8-18(12-17)25-2/h4-8,10,12,15H,3,9,11,13-14H2,1-2H3,(H,22,24). The molecule has 0 spiro atoms. The minimum atomic E-state index is -0.0720. The number of nitrogens with zero attached hydrogens (tertiary/aromatic N) is 2. The summed E-state index contributed by atoms with van der Waals surface area (Å²) in [5, 5.41) is 3.06. The Hall–Kier alpha value is -2.56. The van der Waals surface area contributed by atoms with Gasteiger partial charge < -0.3 is 15.0 Å². The van der Waals surface area contributed by atoms with Crippen molar-refractivity contribution in [2.45, 2.75) is 19.8 Å². The molecule has 0 saturated carbocycles. The van der Waals surface area contributed by atoms with Crippen LogP contribution in [0, 0.1) is 5.92 Å². The molecule has 132 valence electrons. The monoisotopic (exact) mass is 339 g/mol. The number of aryl methyl sites for hydroxylation is 1. The van der Waals surface area contributed by atoms with Gasteiger partial charge in [-0.15, -0.1) is 0 Å². The van der Waals surface area contributed by atoms with Crippen LogP contribution in [-0.2, 0) is 6.42 Å². The van der Waals surface area contributed by atoms with Gasteiger partial charge in [0.05, 0.1) is 7.11 Å². The zero-order valence-electron chi connectivity index (χ0n) is 14.9. The highest BCUT2D eigenvalue weighted by atomic mass is 16.5. The van der Waals surface area contributed by atoms with E-state index in [9.17, 15) is 4.79 Å². The lowest BCUT2D eigenvalue weighted by Crippen LogP contribution is -2.32. The average Bonchev–Trinajstić information content (AvgIpc) is 3.15. The van der Waals surface area contributed by atoms with E-state index in [1.165, 1.54) is 5.69 Å². The van der Waals surface area contributed by atoms with E-state index in [1.807, 2.05) is 31.2 Å². The van der Waals surface area contributed by atoms with Crippen molar-refractivity contribution in [3.05, 3.63) is 53.9 Å². The number of amides is 1. The van der Waals surface area contributed by atoms with Gasteiger partial charge in [0.25, 0.3) is 5.91 Å². The first-order chi connectivity index (χ1) is 12.2. The summed E-state index contributed by atoms with van der Waals surface area (Å²) in [6.45, 7) is 4.66. The highest BCUT2D eigenvalue weighted by Crippen LogP contribution is 2.26. The SMILES string of the molecule is CCc1cccnc1C(=O)NCC1CCN(c2cccc(OC)c2)C1. The number of hydrogen-bond acceptors (Lipinski definition) is 4. The van der Waals surface area contributed by atoms with E-state index < -0.39 is 0 Å². The molecule has 0 aliphatic carbocycles. The first-order valence-corrected chi connectivity index (χ1v) is 8.82. The van der Waals surface area contributed by atoms with Gasteiger partial charge in [-0.2, -0.15) is 0 Å². The first-order valence-electron chi connectivity index (χ1n) is 8.82. The van der Waals surface area contributed by atoms with Gasteiger partial charge in [0.2, 0.25) is 0 Å². The minimum absolute atomic E-state index is 0.0720. The quantitative estimate of drug-likeness (QED) is 0.879. The molecule has 5 nitrogen and oxygen atoms in total. The summed E-state index contributed by atoms with van der Waals surface area (Å²) >= 11 is 0. The molecule has 1 aromatic carbocycles. The van der Waals surface area contributed by atoms with E-state index in [4.69, 9.17) is 4.74 Å². The molecule has 3 rings (SSSR count). The number of methoxy groups -OCH3 is 1. The van der Waals surface area contributed by atoms with E-state index in [-0.39, 0.29) is 5.91 Å². The highest BCUT2D eigenvalue weighted by Gasteiger charge is 2.24. The Balaban J connectivity index is 1.55. The number of pyridine rings is 1. The van der Waals surface area contributed by atoms with Gasteiger partial charge in [0, 0.05) is 37.6 Å². The number of nitrogens with one attached hydrogen (secondary N) is 1. The van der Waals surface area contributed by atoms with Crippen molar-refractivity contribution in [1.29, 1.82) is 0 Å². The Morgan fingerprint density at radius 3 is 3.04 bits per heavy atom. The van der Waals surface area contributed by atoms with Gasteiger partial charge >= 0.3 is 0 Å². The summed E-state index contributed by atoms with van der Waals surface area (Å²) in [4.78, 5) is 19.0. The van der Waals surface area contributed by atoms with Crippen molar-refractivity contribution in [2.24, 2.45) is 5.92 Å². The fraction of sp³-hybridized carbons (Fsp3) is 0.400. The van der Waals surface area contributed by atoms with Crippen LogP contribution in [-0.4, -0.2) is 37.6 Å². The van der Waals surface area contributed by atoms with E-state index in [2.05, 4.69) is 27.3 Å². The van der Waals surface area contributed by atoms with E-state index >= 15 is 0 Å². The maximum Gasteiger partial charge on any atom is 0.270 e. The van der Waals surface area contributed by atoms with Gasteiger partial charge in [-0.05, 0) is 42.5 Å². The predicted molar refractivity (Wildman–Crippen MR) is 99.3 cm³/mol. The largest absolute Gasteiger partial charge is 0.497 e. The Morgan fingerprint density at radius 2 is 2.24 bits per heavy atom. The second kappa shape index (κ2) is 8.01. The molecular weight excluding hydrogens is 314 g/mol. The van der Waals surface area contributed by atoms with Crippen molar-refractivity contribution < 1.29 is 9.53 Å². The van der Waals surface area contributed by atoms with Crippen LogP contribution in [0.5, 0.6) is 5.75 Å². The molecule has 1 aromatic heterocycles. The van der Waals surface area contributed by atoms with Crippen molar-refractivity contribution >= 4 is 11.6 Å². The zero-order chi connectivity index (χ0) is 17.6. The number of aromatic nitrogens is 1. The third-order valence-corrected chi connectivity index (χ3v) is 4.74. The van der Waals surface area contributed by atoms with Crippen molar-refractivity contribution in [3.8, 4) is 5.75 Å². The van der Waals surface area contributed by atoms with E-state index in [1.54, 1.807) is 13.3 Å². The molecule has 2 aromatic rings. The molecule has 0 radical (unpaired) electrons. The van der Waals surface area contributed by atoms with Crippen LogP contribution in [0.4, 0.5) is 5.69 Å². The molecule has 5 heteroatoms. The van der Waals surface area contributed by atoms with Crippen LogP contribution in [0.3, 0.4) is 0 Å². The van der Waals surface area contributed by atoms with E-state index in [0.717, 1.165) is 37.2 Å². The molecule has 1 N–H and O–H groups in total. The second-order valence-electron chi connectivity index (χ2n) is 6.38. The number of carbonyl (C=O) groups excluding carboxylic acids is 1. The third kappa shape index (κ3) is 4.10. The molecule has 1 aliphatic heterocycles. The van der Waals surface area contributed by atoms with Crippen LogP contribution < -0.4 is 15.0 Å². The lowest BCUT2D eigenvalue weighted by Gasteiger charge is -2.19. The number of anilines is 1. The molecule has 0 bridgehead atoms. The summed E-state index contributed by atoms with van der Waals surface area (Å²) in [7, 11) is 1.68. The van der Waals surface area contributed by atoms with Crippen LogP contribution in [0.15, 0.2) is 42.6 Å². The third-order valence-electron chi connectivity index (χ3n) is 4.74. The smallest absolute Gasteiger partial charge is 0.270 e. The molecule has 1 fully saturated rings. The molecule has 2 heterocycles. The summed E-state index contributed by atoms with van der Waals surface area (Å²) < 4.78 is 5.30. The van der Waals surface area contributed by atoms with Crippen LogP contribution in [0.2, 0.25) is 0 Å². The summed E-state index contributed by atoms with van der Waals surface area (Å²) in [5.74, 6) is 1.25. The van der Waals surface area contributed by atoms with Gasteiger partial charge in [-0.25, -0.2) is 0 Å². The molecule has 1 atom stereocenters. The molecule has 1 aliphatic rings. The molecule has 1 saturated heterocycles. The maximum absolute atomic E-state index is 12.4. The topological polar surface area (TPSA) is 54.5 Å². The van der Waals surface area contributed by atoms with E-state index in [0.29, 0.717) is 18.2 Å². The Bertz CT molecular complexity index is 732. The molecular formula is C20H25N3O2. The van der Waals surface area contributed by atoms with Crippen LogP contribution >= 0.6 is 0 Å². The molecule has 25 heavy (non-hydrogen) atoms. The van der Waals surface area contributed by atoms with Gasteiger partial charge in [0.15, 0.2) is 0 Å². The predicted octanol–water partition coefficient (Wildman–Crippen LogP) is 2.91. The summed E-state index contributed by atoms with van der Waals surface area (Å²) in [5.41, 5.74) is 2.71. The normalized spacial score (nSPS) is 16.7. The Kier molecular flexibility index (Phi) is 5.53. The lowest BCUT2D eigenvalue weighted by molar-refractivity contribution is 0.0942. The van der Waals surface area contributed by atoms with Gasteiger partial charge in [0.1, 0.15) is 11.4 Å². The number of carbonyl (C=O) groups is 1. The summed E-state index contributed by atoms with van der Waals surface area (Å²) in [6, 6.07) is 12.0. The first kappa shape index (κ1) is 17.3. The van der Waals surface area contributed by atoms with Gasteiger partial charge in [-0.1, -0.05) is 19.1 Å². The summed E-state index contributed by atoms with van der Waals surface area (Å²) in [6.07, 6.45) is 3.55. The Morgan fingerprint density at radius 1 is 1.36 bits per heavy atom. The maximum atomic E-state index is 12.4. The van der Waals surface area contributed by atoms with Crippen LogP contribution in [0.1, 0.15) is 29.4 Å². The number of ether oxygens (including phenoxy) is 1. The molecule has 1 amide bonds. The number of rotatable bonds is 6. The molecule has 1 unspecified atom stereocenters. The second-order valence-corrected chi connectivity index (χ2v) is 6.38. The Labute approximate surface area is 149 Å². The number of benzene rings is 1. The lowest BCUT2D eigenvalue weighted by atomic mass is 10.1. The van der Waals surface area contributed by atoms with Crippen molar-refractivity contribution in [1.82, 2.24) is 10.3 Å². The minimum Gasteiger partial charge on any atom is -0.497 e. The number of hydrogen-bond donors (Lipinski definition) is 1. The zero-order valence-corrected chi connectivity index (χ0v) is 14.9. The van der Waals surface area contributed by atoms with Crippen molar-refractivity contribution in [2.75, 3.05) is 31.6 Å². The fourth-order valence-electron chi connectivity index (χ4n) is 3.29. The average molecular weight is 339 g/mol. The van der Waals surface area contributed by atoms with Gasteiger partial charge in [-0.3, -0.25) is 9.78 Å². The van der Waals surface area contributed by atoms with Crippen molar-refractivity contribution in [3.63, 3.8) is 0 Å². The fourth-order valence-corrected chi connectivity index (χ4v) is 3.29. The highest BCUT2D eigenvalue weighted by molar-refractivity contribution is 5.93.